The van der Waals surface area contributed by atoms with Gasteiger partial charge in [-0.05, 0) is 30.7 Å². The van der Waals surface area contributed by atoms with Crippen LogP contribution in [-0.4, -0.2) is 19.0 Å². The zero-order chi connectivity index (χ0) is 12.1. The van der Waals surface area contributed by atoms with Gasteiger partial charge in [-0.25, -0.2) is 0 Å². The minimum atomic E-state index is 0.0820. The third-order valence-electron chi connectivity index (χ3n) is 3.39. The van der Waals surface area contributed by atoms with Gasteiger partial charge in [0.1, 0.15) is 6.61 Å². The second kappa shape index (κ2) is 5.97. The molecule has 0 bridgehead atoms. The van der Waals surface area contributed by atoms with Crippen molar-refractivity contribution >= 4 is 5.78 Å². The number of carbonyl (C=O) groups is 1. The number of rotatable bonds is 6. The lowest BCUT2D eigenvalue weighted by molar-refractivity contribution is 0.0761. The Labute approximate surface area is 103 Å². The van der Waals surface area contributed by atoms with Crippen molar-refractivity contribution in [3.63, 3.8) is 0 Å². The molecule has 92 valence electrons. The summed E-state index contributed by atoms with van der Waals surface area (Å²) in [7, 11) is 0. The van der Waals surface area contributed by atoms with Gasteiger partial charge in [0, 0.05) is 12.2 Å². The quantitative estimate of drug-likeness (QED) is 0.553. The van der Waals surface area contributed by atoms with Crippen LogP contribution in [0.3, 0.4) is 0 Å². The SMILES string of the molecule is CCCOCC(=O)c1ccc(C2CCC2)cc1. The van der Waals surface area contributed by atoms with Crippen LogP contribution < -0.4 is 0 Å². The van der Waals surface area contributed by atoms with Crippen molar-refractivity contribution in [2.45, 2.75) is 38.5 Å². The number of Topliss-reactive ketones (excluding diaryl/α,β-unsaturated/α-hetero) is 1. The van der Waals surface area contributed by atoms with Crippen LogP contribution in [0, 0.1) is 0 Å². The number of ketones is 1. The van der Waals surface area contributed by atoms with E-state index in [0.29, 0.717) is 6.61 Å². The first-order valence-electron chi connectivity index (χ1n) is 6.52. The van der Waals surface area contributed by atoms with Gasteiger partial charge < -0.3 is 4.74 Å². The highest BCUT2D eigenvalue weighted by Gasteiger charge is 2.19. The largest absolute Gasteiger partial charge is 0.373 e. The lowest BCUT2D eigenvalue weighted by atomic mass is 9.80. The molecule has 0 N–H and O–H groups in total. The molecule has 2 heteroatoms. The maximum atomic E-state index is 11.8. The maximum absolute atomic E-state index is 11.8. The van der Waals surface area contributed by atoms with Gasteiger partial charge in [0.15, 0.2) is 5.78 Å². The molecule has 0 amide bonds. The van der Waals surface area contributed by atoms with Crippen LogP contribution in [0.4, 0.5) is 0 Å². The van der Waals surface area contributed by atoms with Crippen molar-refractivity contribution in [3.8, 4) is 0 Å². The molecule has 0 aliphatic heterocycles. The maximum Gasteiger partial charge on any atom is 0.188 e. The average Bonchev–Trinajstić information content (AvgIpc) is 2.28. The van der Waals surface area contributed by atoms with Gasteiger partial charge in [0.05, 0.1) is 0 Å². The first kappa shape index (κ1) is 12.3. The van der Waals surface area contributed by atoms with Crippen molar-refractivity contribution in [1.29, 1.82) is 0 Å². The lowest BCUT2D eigenvalue weighted by Crippen LogP contribution is -2.11. The van der Waals surface area contributed by atoms with Crippen LogP contribution in [0.1, 0.15) is 54.4 Å². The molecule has 0 unspecified atom stereocenters. The molecule has 1 aliphatic carbocycles. The minimum absolute atomic E-state index is 0.0820. The summed E-state index contributed by atoms with van der Waals surface area (Å²) >= 11 is 0. The number of hydrogen-bond donors (Lipinski definition) is 0. The number of ether oxygens (including phenoxy) is 1. The molecule has 2 rings (SSSR count). The molecular weight excluding hydrogens is 212 g/mol. The van der Waals surface area contributed by atoms with Gasteiger partial charge in [-0.15, -0.1) is 0 Å². The van der Waals surface area contributed by atoms with Crippen molar-refractivity contribution in [3.05, 3.63) is 35.4 Å². The first-order valence-corrected chi connectivity index (χ1v) is 6.52. The number of hydrogen-bond acceptors (Lipinski definition) is 2. The highest BCUT2D eigenvalue weighted by atomic mass is 16.5. The average molecular weight is 232 g/mol. The first-order chi connectivity index (χ1) is 8.31. The van der Waals surface area contributed by atoms with Gasteiger partial charge in [-0.2, -0.15) is 0 Å². The Bertz CT molecular complexity index is 363. The smallest absolute Gasteiger partial charge is 0.188 e. The van der Waals surface area contributed by atoms with Crippen LogP contribution in [0.25, 0.3) is 0 Å². The Hall–Kier alpha value is -1.15. The van der Waals surface area contributed by atoms with E-state index >= 15 is 0 Å². The predicted octanol–water partition coefficient (Wildman–Crippen LogP) is 3.56. The van der Waals surface area contributed by atoms with E-state index in [0.717, 1.165) is 17.9 Å². The summed E-state index contributed by atoms with van der Waals surface area (Å²) in [6.07, 6.45) is 4.89. The molecule has 0 radical (unpaired) electrons. The minimum Gasteiger partial charge on any atom is -0.373 e. The zero-order valence-electron chi connectivity index (χ0n) is 10.4. The van der Waals surface area contributed by atoms with E-state index in [1.54, 1.807) is 0 Å². The molecular formula is C15H20O2. The summed E-state index contributed by atoms with van der Waals surface area (Å²) < 4.78 is 5.26. The molecule has 0 spiro atoms. The summed E-state index contributed by atoms with van der Waals surface area (Å²) in [4.78, 5) is 11.8. The Kier molecular flexibility index (Phi) is 4.32. The van der Waals surface area contributed by atoms with Gasteiger partial charge in [0.25, 0.3) is 0 Å². The third-order valence-corrected chi connectivity index (χ3v) is 3.39. The van der Waals surface area contributed by atoms with E-state index in [9.17, 15) is 4.79 Å². The van der Waals surface area contributed by atoms with Gasteiger partial charge in [0.2, 0.25) is 0 Å². The van der Waals surface area contributed by atoms with Crippen LogP contribution in [0.15, 0.2) is 24.3 Å². The summed E-state index contributed by atoms with van der Waals surface area (Å²) in [5, 5.41) is 0. The summed E-state index contributed by atoms with van der Waals surface area (Å²) in [6, 6.07) is 8.06. The van der Waals surface area contributed by atoms with E-state index < -0.39 is 0 Å². The summed E-state index contributed by atoms with van der Waals surface area (Å²) in [5.74, 6) is 0.814. The fraction of sp³-hybridized carbons (Fsp3) is 0.533. The molecule has 0 saturated heterocycles. The fourth-order valence-corrected chi connectivity index (χ4v) is 2.08. The van der Waals surface area contributed by atoms with Crippen molar-refractivity contribution in [1.82, 2.24) is 0 Å². The summed E-state index contributed by atoms with van der Waals surface area (Å²) in [6.45, 7) is 2.90. The highest BCUT2D eigenvalue weighted by molar-refractivity contribution is 5.97. The topological polar surface area (TPSA) is 26.3 Å². The van der Waals surface area contributed by atoms with Crippen LogP contribution in [-0.2, 0) is 4.74 Å². The van der Waals surface area contributed by atoms with Crippen molar-refractivity contribution in [2.75, 3.05) is 13.2 Å². The van der Waals surface area contributed by atoms with Crippen molar-refractivity contribution < 1.29 is 9.53 Å². The standard InChI is InChI=1S/C15H20O2/c1-2-10-17-11-15(16)14-8-6-13(7-9-14)12-4-3-5-12/h6-9,12H,2-5,10-11H2,1H3. The van der Waals surface area contributed by atoms with E-state index in [4.69, 9.17) is 4.74 Å². The summed E-state index contributed by atoms with van der Waals surface area (Å²) in [5.41, 5.74) is 2.14. The van der Waals surface area contributed by atoms with E-state index in [1.807, 2.05) is 19.1 Å². The van der Waals surface area contributed by atoms with Gasteiger partial charge in [-0.3, -0.25) is 4.79 Å². The zero-order valence-corrected chi connectivity index (χ0v) is 10.4. The number of carbonyl (C=O) groups excluding carboxylic acids is 1. The molecule has 2 nitrogen and oxygen atoms in total. The Morgan fingerprint density at radius 1 is 1.29 bits per heavy atom. The van der Waals surface area contributed by atoms with E-state index in [1.165, 1.54) is 24.8 Å². The molecule has 1 aromatic carbocycles. The molecule has 1 aliphatic rings. The molecule has 0 aromatic heterocycles. The van der Waals surface area contributed by atoms with E-state index in [-0.39, 0.29) is 12.4 Å². The molecule has 17 heavy (non-hydrogen) atoms. The van der Waals surface area contributed by atoms with E-state index in [2.05, 4.69) is 12.1 Å². The Morgan fingerprint density at radius 3 is 2.53 bits per heavy atom. The third kappa shape index (κ3) is 3.16. The molecule has 0 heterocycles. The second-order valence-electron chi connectivity index (χ2n) is 4.73. The Morgan fingerprint density at radius 2 is 2.00 bits per heavy atom. The van der Waals surface area contributed by atoms with Crippen LogP contribution in [0.2, 0.25) is 0 Å². The monoisotopic (exact) mass is 232 g/mol. The number of benzene rings is 1. The fourth-order valence-electron chi connectivity index (χ4n) is 2.08. The predicted molar refractivity (Wildman–Crippen MR) is 68.5 cm³/mol. The molecule has 1 saturated carbocycles. The second-order valence-corrected chi connectivity index (χ2v) is 4.73. The van der Waals surface area contributed by atoms with Gasteiger partial charge >= 0.3 is 0 Å². The normalized spacial score (nSPS) is 15.6. The van der Waals surface area contributed by atoms with Gasteiger partial charge in [-0.1, -0.05) is 37.6 Å². The van der Waals surface area contributed by atoms with Crippen molar-refractivity contribution in [2.24, 2.45) is 0 Å². The Balaban J connectivity index is 1.90. The lowest BCUT2D eigenvalue weighted by Gasteiger charge is -2.25. The molecule has 0 atom stereocenters. The molecule has 1 fully saturated rings. The molecule has 1 aromatic rings. The van der Waals surface area contributed by atoms with Crippen LogP contribution in [0.5, 0.6) is 0 Å². The highest BCUT2D eigenvalue weighted by Crippen LogP contribution is 2.36. The van der Waals surface area contributed by atoms with Crippen LogP contribution >= 0.6 is 0 Å².